The molecule has 1 amide bonds. The Morgan fingerprint density at radius 1 is 1.50 bits per heavy atom. The normalized spacial score (nSPS) is 9.50. The molecular formula is C8H10N2O2. The third-order valence-electron chi connectivity index (χ3n) is 1.49. The van der Waals surface area contributed by atoms with E-state index < -0.39 is 5.91 Å². The summed E-state index contributed by atoms with van der Waals surface area (Å²) < 4.78 is 0. The zero-order valence-corrected chi connectivity index (χ0v) is 6.69. The fourth-order valence-electron chi connectivity index (χ4n) is 0.866. The van der Waals surface area contributed by atoms with Gasteiger partial charge in [-0.05, 0) is 12.1 Å². The number of nitrogen functional groups attached to an aromatic ring is 1. The molecule has 0 unspecified atom stereocenters. The average Bonchev–Trinajstić information content (AvgIpc) is 2.04. The number of nitrogens with zero attached hydrogens (tertiary/aromatic N) is 1. The molecule has 4 heteroatoms. The molecule has 1 aromatic rings. The molecule has 1 aromatic carbocycles. The van der Waals surface area contributed by atoms with E-state index in [1.807, 2.05) is 0 Å². The fraction of sp³-hybridized carbons (Fsp3) is 0.125. The van der Waals surface area contributed by atoms with Gasteiger partial charge in [0.1, 0.15) is 0 Å². The second-order valence-electron chi connectivity index (χ2n) is 2.42. The predicted molar refractivity (Wildman–Crippen MR) is 44.7 cm³/mol. The van der Waals surface area contributed by atoms with Crippen molar-refractivity contribution in [1.29, 1.82) is 0 Å². The van der Waals surface area contributed by atoms with E-state index in [9.17, 15) is 4.79 Å². The summed E-state index contributed by atoms with van der Waals surface area (Å²) in [4.78, 5) is 11.2. The van der Waals surface area contributed by atoms with E-state index in [-0.39, 0.29) is 0 Å². The zero-order chi connectivity index (χ0) is 9.14. The van der Waals surface area contributed by atoms with Gasteiger partial charge in [-0.15, -0.1) is 0 Å². The molecule has 4 nitrogen and oxygen atoms in total. The maximum atomic E-state index is 11.2. The largest absolute Gasteiger partial charge is 0.398 e. The second kappa shape index (κ2) is 3.23. The minimum absolute atomic E-state index is 0.308. The highest BCUT2D eigenvalue weighted by Gasteiger charge is 2.11. The van der Waals surface area contributed by atoms with E-state index >= 15 is 0 Å². The number of para-hydroxylation sites is 1. The quantitative estimate of drug-likeness (QED) is 0.367. The topological polar surface area (TPSA) is 66.6 Å². The van der Waals surface area contributed by atoms with Gasteiger partial charge >= 0.3 is 0 Å². The molecule has 0 bridgehead atoms. The van der Waals surface area contributed by atoms with Gasteiger partial charge in [0.25, 0.3) is 5.91 Å². The second-order valence-corrected chi connectivity index (χ2v) is 2.42. The number of benzene rings is 1. The monoisotopic (exact) mass is 166 g/mol. The van der Waals surface area contributed by atoms with Crippen molar-refractivity contribution < 1.29 is 10.0 Å². The first-order chi connectivity index (χ1) is 5.63. The van der Waals surface area contributed by atoms with Gasteiger partial charge in [-0.1, -0.05) is 12.1 Å². The van der Waals surface area contributed by atoms with E-state index in [4.69, 9.17) is 10.9 Å². The van der Waals surface area contributed by atoms with E-state index in [2.05, 4.69) is 0 Å². The van der Waals surface area contributed by atoms with Gasteiger partial charge in [-0.3, -0.25) is 10.0 Å². The summed E-state index contributed by atoms with van der Waals surface area (Å²) in [5.74, 6) is -0.506. The van der Waals surface area contributed by atoms with Crippen molar-refractivity contribution >= 4 is 11.6 Å². The molecule has 0 spiro atoms. The fourth-order valence-corrected chi connectivity index (χ4v) is 0.866. The SMILES string of the molecule is CN(O)C(=O)c1ccccc1N. The van der Waals surface area contributed by atoms with Crippen molar-refractivity contribution in [2.45, 2.75) is 0 Å². The minimum atomic E-state index is -0.506. The van der Waals surface area contributed by atoms with Crippen molar-refractivity contribution in [3.63, 3.8) is 0 Å². The number of anilines is 1. The Bertz CT molecular complexity index is 297. The molecule has 1 rings (SSSR count). The van der Waals surface area contributed by atoms with Crippen LogP contribution in [0, 0.1) is 0 Å². The number of hydrogen-bond acceptors (Lipinski definition) is 3. The summed E-state index contributed by atoms with van der Waals surface area (Å²) in [6.45, 7) is 0. The van der Waals surface area contributed by atoms with Gasteiger partial charge in [0.2, 0.25) is 0 Å². The lowest BCUT2D eigenvalue weighted by Gasteiger charge is -2.09. The van der Waals surface area contributed by atoms with Crippen molar-refractivity contribution in [2.24, 2.45) is 0 Å². The lowest BCUT2D eigenvalue weighted by molar-refractivity contribution is -0.0374. The molecule has 3 N–H and O–H groups in total. The molecule has 0 atom stereocenters. The molecule has 0 aromatic heterocycles. The van der Waals surface area contributed by atoms with Gasteiger partial charge in [-0.2, -0.15) is 0 Å². The van der Waals surface area contributed by atoms with E-state index in [1.54, 1.807) is 24.3 Å². The number of nitrogens with two attached hydrogens (primary N) is 1. The average molecular weight is 166 g/mol. The molecule has 12 heavy (non-hydrogen) atoms. The van der Waals surface area contributed by atoms with Gasteiger partial charge < -0.3 is 5.73 Å². The van der Waals surface area contributed by atoms with Gasteiger partial charge in [0.05, 0.1) is 5.56 Å². The van der Waals surface area contributed by atoms with Crippen molar-refractivity contribution in [3.8, 4) is 0 Å². The predicted octanol–water partition coefficient (Wildman–Crippen LogP) is 0.730. The first kappa shape index (κ1) is 8.55. The summed E-state index contributed by atoms with van der Waals surface area (Å²) >= 11 is 0. The van der Waals surface area contributed by atoms with Crippen LogP contribution in [0.25, 0.3) is 0 Å². The third-order valence-corrected chi connectivity index (χ3v) is 1.49. The molecule has 0 aliphatic carbocycles. The molecule has 0 fully saturated rings. The Balaban J connectivity index is 3.03. The minimum Gasteiger partial charge on any atom is -0.398 e. The van der Waals surface area contributed by atoms with Crippen LogP contribution in [-0.4, -0.2) is 23.2 Å². The van der Waals surface area contributed by atoms with Crippen LogP contribution in [0.3, 0.4) is 0 Å². The number of carbonyl (C=O) groups excluding carboxylic acids is 1. The maximum Gasteiger partial charge on any atom is 0.279 e. The molecule has 0 heterocycles. The van der Waals surface area contributed by atoms with Crippen LogP contribution in [0.2, 0.25) is 0 Å². The summed E-state index contributed by atoms with van der Waals surface area (Å²) in [7, 11) is 1.26. The molecule has 0 saturated carbocycles. The first-order valence-corrected chi connectivity index (χ1v) is 3.44. The van der Waals surface area contributed by atoms with E-state index in [0.717, 1.165) is 0 Å². The molecular weight excluding hydrogens is 156 g/mol. The van der Waals surface area contributed by atoms with Gasteiger partial charge in [-0.25, -0.2) is 5.06 Å². The Morgan fingerprint density at radius 3 is 2.58 bits per heavy atom. The number of amides is 1. The summed E-state index contributed by atoms with van der Waals surface area (Å²) in [6, 6.07) is 6.58. The highest BCUT2D eigenvalue weighted by Crippen LogP contribution is 2.11. The highest BCUT2D eigenvalue weighted by molar-refractivity contribution is 5.98. The van der Waals surface area contributed by atoms with Crippen LogP contribution in [0.5, 0.6) is 0 Å². The van der Waals surface area contributed by atoms with Gasteiger partial charge in [0, 0.05) is 12.7 Å². The van der Waals surface area contributed by atoms with Crippen molar-refractivity contribution in [3.05, 3.63) is 29.8 Å². The van der Waals surface area contributed by atoms with E-state index in [1.165, 1.54) is 7.05 Å². The number of hydrogen-bond donors (Lipinski definition) is 2. The van der Waals surface area contributed by atoms with Crippen LogP contribution in [0.1, 0.15) is 10.4 Å². The number of rotatable bonds is 1. The maximum absolute atomic E-state index is 11.2. The van der Waals surface area contributed by atoms with Crippen LogP contribution in [0.4, 0.5) is 5.69 Å². The smallest absolute Gasteiger partial charge is 0.279 e. The molecule has 0 radical (unpaired) electrons. The number of carbonyl (C=O) groups is 1. The summed E-state index contributed by atoms with van der Waals surface area (Å²) in [5.41, 5.74) is 6.17. The van der Waals surface area contributed by atoms with E-state index in [0.29, 0.717) is 16.3 Å². The van der Waals surface area contributed by atoms with Crippen LogP contribution >= 0.6 is 0 Å². The highest BCUT2D eigenvalue weighted by atomic mass is 16.5. The zero-order valence-electron chi connectivity index (χ0n) is 6.69. The molecule has 0 aliphatic rings. The Morgan fingerprint density at radius 2 is 2.08 bits per heavy atom. The van der Waals surface area contributed by atoms with Crippen LogP contribution < -0.4 is 5.73 Å². The lowest BCUT2D eigenvalue weighted by Crippen LogP contribution is -2.23. The Labute approximate surface area is 70.2 Å². The van der Waals surface area contributed by atoms with Crippen LogP contribution in [-0.2, 0) is 0 Å². The van der Waals surface area contributed by atoms with Crippen molar-refractivity contribution in [1.82, 2.24) is 5.06 Å². The first-order valence-electron chi connectivity index (χ1n) is 3.44. The summed E-state index contributed by atoms with van der Waals surface area (Å²) in [6.07, 6.45) is 0. The van der Waals surface area contributed by atoms with Crippen LogP contribution in [0.15, 0.2) is 24.3 Å². The Hall–Kier alpha value is -1.55. The Kier molecular flexibility index (Phi) is 2.30. The third kappa shape index (κ3) is 1.54. The molecule has 0 saturated heterocycles. The standard InChI is InChI=1S/C8H10N2O2/c1-10(12)8(11)6-4-2-3-5-7(6)9/h2-5,12H,9H2,1H3. The summed E-state index contributed by atoms with van der Waals surface area (Å²) in [5, 5.41) is 9.33. The van der Waals surface area contributed by atoms with Gasteiger partial charge in [0.15, 0.2) is 0 Å². The molecule has 64 valence electrons. The number of hydroxylamine groups is 2. The lowest BCUT2D eigenvalue weighted by atomic mass is 10.2. The molecule has 0 aliphatic heterocycles. The van der Waals surface area contributed by atoms with Crippen molar-refractivity contribution in [2.75, 3.05) is 12.8 Å².